The molecule has 4 aromatic rings. The molecule has 0 aliphatic carbocycles. The molecule has 31 heavy (non-hydrogen) atoms. The standard InChI is InChI=1S/C24H26FN5O/c1-17-22(30-11-5-4-8-24(30)26-17)16-29-12-9-18(15-29)21-14-19(27-28-21)10-13-31-23-7-3-2-6-20(23)25/h2-8,11,14,18H,9-10,12-13,15-16H2,1H3,(H,27,28)/t18-/m1/s1. The summed E-state index contributed by atoms with van der Waals surface area (Å²) in [5.74, 6) is 0.369. The third-order valence-electron chi connectivity index (χ3n) is 6.01. The number of nitrogens with one attached hydrogen (secondary N) is 1. The molecule has 0 spiro atoms. The fourth-order valence-electron chi connectivity index (χ4n) is 4.33. The van der Waals surface area contributed by atoms with Crippen LogP contribution >= 0.6 is 0 Å². The summed E-state index contributed by atoms with van der Waals surface area (Å²) in [6.45, 7) is 5.41. The normalized spacial score (nSPS) is 16.9. The number of imidazole rings is 1. The maximum Gasteiger partial charge on any atom is 0.165 e. The predicted octanol–water partition coefficient (Wildman–Crippen LogP) is 4.12. The number of pyridine rings is 1. The van der Waals surface area contributed by atoms with Crippen LogP contribution in [0.15, 0.2) is 54.7 Å². The molecular weight excluding hydrogens is 393 g/mol. The van der Waals surface area contributed by atoms with Crippen LogP contribution in [0.2, 0.25) is 0 Å². The molecule has 5 rings (SSSR count). The molecular formula is C24H26FN5O. The van der Waals surface area contributed by atoms with Crippen molar-refractivity contribution < 1.29 is 9.13 Å². The molecule has 7 heteroatoms. The first-order valence-electron chi connectivity index (χ1n) is 10.7. The number of hydrogen-bond acceptors (Lipinski definition) is 4. The minimum Gasteiger partial charge on any atom is -0.490 e. The number of nitrogens with zero attached hydrogens (tertiary/aromatic N) is 4. The van der Waals surface area contributed by atoms with Gasteiger partial charge in [-0.05, 0) is 50.2 Å². The topological polar surface area (TPSA) is 58.5 Å². The third kappa shape index (κ3) is 4.18. The second kappa shape index (κ2) is 8.51. The van der Waals surface area contributed by atoms with E-state index >= 15 is 0 Å². The Bertz CT molecular complexity index is 1180. The number of para-hydroxylation sites is 1. The molecule has 1 N–H and O–H groups in total. The van der Waals surface area contributed by atoms with Crippen molar-refractivity contribution in [3.63, 3.8) is 0 Å². The van der Waals surface area contributed by atoms with E-state index in [-0.39, 0.29) is 11.6 Å². The van der Waals surface area contributed by atoms with Gasteiger partial charge in [-0.3, -0.25) is 10.00 Å². The second-order valence-electron chi connectivity index (χ2n) is 8.14. The van der Waals surface area contributed by atoms with E-state index in [1.807, 2.05) is 18.2 Å². The van der Waals surface area contributed by atoms with Crippen molar-refractivity contribution >= 4 is 5.65 Å². The number of aromatic amines is 1. The van der Waals surface area contributed by atoms with Gasteiger partial charge >= 0.3 is 0 Å². The summed E-state index contributed by atoms with van der Waals surface area (Å²) in [5.41, 5.74) is 5.46. The number of fused-ring (bicyclic) bond motifs is 1. The Balaban J connectivity index is 1.17. The van der Waals surface area contributed by atoms with Gasteiger partial charge in [0, 0.05) is 37.3 Å². The molecule has 6 nitrogen and oxygen atoms in total. The molecule has 1 aliphatic heterocycles. The fourth-order valence-corrected chi connectivity index (χ4v) is 4.33. The number of ether oxygens (including phenoxy) is 1. The first-order valence-corrected chi connectivity index (χ1v) is 10.7. The number of likely N-dealkylation sites (tertiary alicyclic amines) is 1. The zero-order valence-corrected chi connectivity index (χ0v) is 17.6. The molecule has 160 valence electrons. The number of aromatic nitrogens is 4. The van der Waals surface area contributed by atoms with E-state index in [1.165, 1.54) is 11.8 Å². The first-order chi connectivity index (χ1) is 15.2. The summed E-state index contributed by atoms with van der Waals surface area (Å²) in [7, 11) is 0. The SMILES string of the molecule is Cc1nc2ccccn2c1CN1CC[C@@H](c2cc(CCOc3ccccc3F)[nH]n2)C1. The first kappa shape index (κ1) is 19.8. The Morgan fingerprint density at radius 3 is 2.97 bits per heavy atom. The minimum atomic E-state index is -0.333. The summed E-state index contributed by atoms with van der Waals surface area (Å²) in [6, 6.07) is 14.7. The molecule has 1 atom stereocenters. The van der Waals surface area contributed by atoms with Crippen LogP contribution in [0.4, 0.5) is 4.39 Å². The smallest absolute Gasteiger partial charge is 0.165 e. The number of H-pyrrole nitrogens is 1. The second-order valence-corrected chi connectivity index (χ2v) is 8.14. The van der Waals surface area contributed by atoms with E-state index in [1.54, 1.807) is 18.2 Å². The zero-order valence-electron chi connectivity index (χ0n) is 17.6. The highest BCUT2D eigenvalue weighted by atomic mass is 19.1. The van der Waals surface area contributed by atoms with Gasteiger partial charge < -0.3 is 9.14 Å². The summed E-state index contributed by atoms with van der Waals surface area (Å²) < 4.78 is 21.4. The number of rotatable bonds is 7. The zero-order chi connectivity index (χ0) is 21.2. The maximum absolute atomic E-state index is 13.7. The number of halogens is 1. The van der Waals surface area contributed by atoms with Gasteiger partial charge in [0.25, 0.3) is 0 Å². The quantitative estimate of drug-likeness (QED) is 0.490. The van der Waals surface area contributed by atoms with Crippen LogP contribution in [0, 0.1) is 12.7 Å². The Hall–Kier alpha value is -3.19. The summed E-state index contributed by atoms with van der Waals surface area (Å²) in [6.07, 6.45) is 3.84. The molecule has 0 saturated carbocycles. The molecule has 1 aromatic carbocycles. The molecule has 1 fully saturated rings. The van der Waals surface area contributed by atoms with Crippen LogP contribution in [-0.2, 0) is 13.0 Å². The lowest BCUT2D eigenvalue weighted by Crippen LogP contribution is -2.21. The molecule has 1 aliphatic rings. The Kier molecular flexibility index (Phi) is 5.42. The van der Waals surface area contributed by atoms with Crippen LogP contribution < -0.4 is 4.74 Å². The highest BCUT2D eigenvalue weighted by molar-refractivity contribution is 5.42. The van der Waals surface area contributed by atoms with Gasteiger partial charge in [-0.25, -0.2) is 9.37 Å². The lowest BCUT2D eigenvalue weighted by atomic mass is 10.0. The lowest BCUT2D eigenvalue weighted by molar-refractivity contribution is 0.304. The molecule has 0 radical (unpaired) electrons. The van der Waals surface area contributed by atoms with E-state index in [0.29, 0.717) is 18.9 Å². The molecule has 0 bridgehead atoms. The minimum absolute atomic E-state index is 0.288. The average Bonchev–Trinajstić information content (AvgIpc) is 3.49. The van der Waals surface area contributed by atoms with Gasteiger partial charge in [-0.15, -0.1) is 0 Å². The lowest BCUT2D eigenvalue weighted by Gasteiger charge is -2.16. The summed E-state index contributed by atoms with van der Waals surface area (Å²) >= 11 is 0. The van der Waals surface area contributed by atoms with Gasteiger partial charge in [0.15, 0.2) is 11.6 Å². The van der Waals surface area contributed by atoms with E-state index in [0.717, 1.165) is 48.8 Å². The van der Waals surface area contributed by atoms with Crippen molar-refractivity contribution in [2.24, 2.45) is 0 Å². The van der Waals surface area contributed by atoms with Crippen LogP contribution in [0.1, 0.15) is 35.1 Å². The van der Waals surface area contributed by atoms with Crippen molar-refractivity contribution in [2.45, 2.75) is 32.2 Å². The van der Waals surface area contributed by atoms with Gasteiger partial charge in [-0.2, -0.15) is 5.10 Å². The monoisotopic (exact) mass is 419 g/mol. The van der Waals surface area contributed by atoms with Gasteiger partial charge in [0.1, 0.15) is 5.65 Å². The van der Waals surface area contributed by atoms with Gasteiger partial charge in [0.2, 0.25) is 0 Å². The van der Waals surface area contributed by atoms with Crippen molar-refractivity contribution in [1.82, 2.24) is 24.5 Å². The van der Waals surface area contributed by atoms with Crippen molar-refractivity contribution in [3.8, 4) is 5.75 Å². The van der Waals surface area contributed by atoms with Crippen molar-refractivity contribution in [1.29, 1.82) is 0 Å². The number of benzene rings is 1. The van der Waals surface area contributed by atoms with Crippen LogP contribution in [0.25, 0.3) is 5.65 Å². The molecule has 0 amide bonds. The molecule has 4 heterocycles. The predicted molar refractivity (Wildman–Crippen MR) is 117 cm³/mol. The van der Waals surface area contributed by atoms with E-state index in [9.17, 15) is 4.39 Å². The summed E-state index contributed by atoms with van der Waals surface area (Å²) in [5, 5.41) is 7.66. The van der Waals surface area contributed by atoms with Gasteiger partial charge in [-0.1, -0.05) is 18.2 Å². The number of hydrogen-bond donors (Lipinski definition) is 1. The third-order valence-corrected chi connectivity index (χ3v) is 6.01. The highest BCUT2D eigenvalue weighted by Gasteiger charge is 2.27. The van der Waals surface area contributed by atoms with E-state index in [4.69, 9.17) is 4.74 Å². The summed E-state index contributed by atoms with van der Waals surface area (Å²) in [4.78, 5) is 7.15. The Labute approximate surface area is 180 Å². The Morgan fingerprint density at radius 1 is 1.19 bits per heavy atom. The largest absolute Gasteiger partial charge is 0.490 e. The van der Waals surface area contributed by atoms with Crippen molar-refractivity contribution in [2.75, 3.05) is 19.7 Å². The Morgan fingerprint density at radius 2 is 2.06 bits per heavy atom. The van der Waals surface area contributed by atoms with Gasteiger partial charge in [0.05, 0.1) is 23.7 Å². The average molecular weight is 420 g/mol. The van der Waals surface area contributed by atoms with Crippen molar-refractivity contribution in [3.05, 3.63) is 83.3 Å². The highest BCUT2D eigenvalue weighted by Crippen LogP contribution is 2.28. The fraction of sp³-hybridized carbons (Fsp3) is 0.333. The van der Waals surface area contributed by atoms with E-state index < -0.39 is 0 Å². The van der Waals surface area contributed by atoms with Crippen LogP contribution in [0.5, 0.6) is 5.75 Å². The molecule has 1 saturated heterocycles. The molecule has 3 aromatic heterocycles. The van der Waals surface area contributed by atoms with Crippen LogP contribution in [-0.4, -0.2) is 44.2 Å². The number of aryl methyl sites for hydroxylation is 1. The molecule has 0 unspecified atom stereocenters. The van der Waals surface area contributed by atoms with E-state index in [2.05, 4.69) is 43.7 Å². The maximum atomic E-state index is 13.7. The van der Waals surface area contributed by atoms with Crippen LogP contribution in [0.3, 0.4) is 0 Å².